The normalized spacial score (nSPS) is 11.7. The van der Waals surface area contributed by atoms with Crippen LogP contribution < -0.4 is 11.0 Å². The summed E-state index contributed by atoms with van der Waals surface area (Å²) in [5.41, 5.74) is 1.93. The van der Waals surface area contributed by atoms with Gasteiger partial charge in [0.25, 0.3) is 11.5 Å². The van der Waals surface area contributed by atoms with Gasteiger partial charge in [-0.2, -0.15) is 4.99 Å². The number of rotatable bonds is 6. The van der Waals surface area contributed by atoms with Crippen molar-refractivity contribution in [3.8, 4) is 0 Å². The monoisotopic (exact) mass is 570 g/mol. The SMILES string of the molecule is CCOC(=O)c1cc2c(=O)n3ccccc3nc2n(CCc2ccccc2)c1=NC(=O)c1ccc(Br)cc1. The van der Waals surface area contributed by atoms with Crippen LogP contribution in [-0.4, -0.2) is 32.4 Å². The van der Waals surface area contributed by atoms with Gasteiger partial charge in [0, 0.05) is 22.8 Å². The molecule has 0 spiro atoms. The number of hydrogen-bond donors (Lipinski definition) is 0. The van der Waals surface area contributed by atoms with Crippen LogP contribution in [0.4, 0.5) is 0 Å². The topological polar surface area (TPSA) is 95.0 Å². The summed E-state index contributed by atoms with van der Waals surface area (Å²) >= 11 is 3.37. The molecule has 0 radical (unpaired) electrons. The van der Waals surface area contributed by atoms with E-state index in [1.807, 2.05) is 30.3 Å². The predicted octanol–water partition coefficient (Wildman–Crippen LogP) is 4.57. The van der Waals surface area contributed by atoms with E-state index in [0.29, 0.717) is 29.8 Å². The summed E-state index contributed by atoms with van der Waals surface area (Å²) < 4.78 is 9.21. The zero-order chi connectivity index (χ0) is 26.6. The van der Waals surface area contributed by atoms with Gasteiger partial charge in [0.1, 0.15) is 16.9 Å². The van der Waals surface area contributed by atoms with Crippen LogP contribution in [0, 0.1) is 0 Å². The summed E-state index contributed by atoms with van der Waals surface area (Å²) in [6.45, 7) is 2.13. The van der Waals surface area contributed by atoms with Crippen molar-refractivity contribution in [1.29, 1.82) is 0 Å². The molecular formula is C29H23BrN4O4. The summed E-state index contributed by atoms with van der Waals surface area (Å²) in [6, 6.07) is 23.2. The average Bonchev–Trinajstić information content (AvgIpc) is 2.93. The molecule has 2 aromatic carbocycles. The number of nitrogens with zero attached hydrogens (tertiary/aromatic N) is 4. The van der Waals surface area contributed by atoms with Gasteiger partial charge in [-0.15, -0.1) is 0 Å². The quantitative estimate of drug-likeness (QED) is 0.220. The second-order valence-corrected chi connectivity index (χ2v) is 9.41. The number of carbonyl (C=O) groups is 2. The third kappa shape index (κ3) is 5.05. The lowest BCUT2D eigenvalue weighted by Crippen LogP contribution is -2.33. The maximum atomic E-state index is 13.5. The van der Waals surface area contributed by atoms with Crippen LogP contribution >= 0.6 is 15.9 Å². The zero-order valence-corrected chi connectivity index (χ0v) is 22.1. The fourth-order valence-corrected chi connectivity index (χ4v) is 4.47. The molecule has 0 bridgehead atoms. The molecule has 9 heteroatoms. The minimum absolute atomic E-state index is 0.0210. The van der Waals surface area contributed by atoms with E-state index in [1.54, 1.807) is 60.2 Å². The van der Waals surface area contributed by atoms with Gasteiger partial charge in [-0.25, -0.2) is 9.78 Å². The Kier molecular flexibility index (Phi) is 7.28. The lowest BCUT2D eigenvalue weighted by atomic mass is 10.1. The highest BCUT2D eigenvalue weighted by molar-refractivity contribution is 9.10. The van der Waals surface area contributed by atoms with Crippen LogP contribution in [0.1, 0.15) is 33.2 Å². The Balaban J connectivity index is 1.83. The number of pyridine rings is 2. The third-order valence-corrected chi connectivity index (χ3v) is 6.58. The fourth-order valence-electron chi connectivity index (χ4n) is 4.21. The molecule has 0 fully saturated rings. The van der Waals surface area contributed by atoms with Crippen molar-refractivity contribution in [1.82, 2.24) is 14.0 Å². The van der Waals surface area contributed by atoms with Gasteiger partial charge in [0.05, 0.1) is 12.0 Å². The molecule has 5 rings (SSSR count). The molecule has 0 unspecified atom stereocenters. The van der Waals surface area contributed by atoms with Crippen molar-refractivity contribution in [2.75, 3.05) is 6.61 Å². The number of benzene rings is 2. The Hall–Kier alpha value is -4.37. The molecule has 38 heavy (non-hydrogen) atoms. The molecule has 0 aliphatic carbocycles. The second kappa shape index (κ2) is 10.9. The summed E-state index contributed by atoms with van der Waals surface area (Å²) in [6.07, 6.45) is 2.18. The Labute approximate surface area is 226 Å². The molecular weight excluding hydrogens is 548 g/mol. The van der Waals surface area contributed by atoms with Crippen LogP contribution in [-0.2, 0) is 17.7 Å². The molecule has 3 heterocycles. The van der Waals surface area contributed by atoms with Crippen LogP contribution in [0.5, 0.6) is 0 Å². The largest absolute Gasteiger partial charge is 0.462 e. The highest BCUT2D eigenvalue weighted by Gasteiger charge is 2.20. The molecule has 0 saturated carbocycles. The number of aryl methyl sites for hydroxylation is 2. The first kappa shape index (κ1) is 25.3. The minimum Gasteiger partial charge on any atom is -0.462 e. The highest BCUT2D eigenvalue weighted by Crippen LogP contribution is 2.14. The summed E-state index contributed by atoms with van der Waals surface area (Å²) in [4.78, 5) is 49.0. The highest BCUT2D eigenvalue weighted by atomic mass is 79.9. The number of esters is 1. The number of amides is 1. The van der Waals surface area contributed by atoms with Crippen LogP contribution in [0.15, 0.2) is 99.3 Å². The van der Waals surface area contributed by atoms with E-state index in [1.165, 1.54) is 10.5 Å². The van der Waals surface area contributed by atoms with Gasteiger partial charge in [-0.3, -0.25) is 14.0 Å². The van der Waals surface area contributed by atoms with Crippen molar-refractivity contribution in [3.63, 3.8) is 0 Å². The van der Waals surface area contributed by atoms with E-state index in [4.69, 9.17) is 9.72 Å². The van der Waals surface area contributed by atoms with Crippen LogP contribution in [0.3, 0.4) is 0 Å². The van der Waals surface area contributed by atoms with E-state index in [9.17, 15) is 14.4 Å². The first-order chi connectivity index (χ1) is 18.5. The number of aromatic nitrogens is 3. The first-order valence-corrected chi connectivity index (χ1v) is 12.9. The molecule has 0 atom stereocenters. The molecule has 0 aliphatic heterocycles. The van der Waals surface area contributed by atoms with Crippen molar-refractivity contribution in [2.24, 2.45) is 4.99 Å². The van der Waals surface area contributed by atoms with Gasteiger partial charge >= 0.3 is 5.97 Å². The Morgan fingerprint density at radius 1 is 1.00 bits per heavy atom. The Bertz CT molecular complexity index is 1790. The van der Waals surface area contributed by atoms with Gasteiger partial charge < -0.3 is 9.30 Å². The Morgan fingerprint density at radius 2 is 1.74 bits per heavy atom. The van der Waals surface area contributed by atoms with E-state index in [-0.39, 0.29) is 28.6 Å². The van der Waals surface area contributed by atoms with E-state index < -0.39 is 11.9 Å². The van der Waals surface area contributed by atoms with E-state index in [0.717, 1.165) is 10.0 Å². The van der Waals surface area contributed by atoms with E-state index >= 15 is 0 Å². The third-order valence-electron chi connectivity index (χ3n) is 6.05. The van der Waals surface area contributed by atoms with Gasteiger partial charge in [0.15, 0.2) is 5.49 Å². The maximum absolute atomic E-state index is 13.5. The number of ether oxygens (including phenoxy) is 1. The zero-order valence-electron chi connectivity index (χ0n) is 20.5. The number of fused-ring (bicyclic) bond motifs is 2. The number of halogens is 1. The summed E-state index contributed by atoms with van der Waals surface area (Å²) in [7, 11) is 0. The maximum Gasteiger partial charge on any atom is 0.341 e. The number of carbonyl (C=O) groups excluding carboxylic acids is 2. The van der Waals surface area contributed by atoms with Gasteiger partial charge in [0.2, 0.25) is 0 Å². The number of hydrogen-bond acceptors (Lipinski definition) is 5. The molecule has 5 aromatic rings. The molecule has 3 aromatic heterocycles. The van der Waals surface area contributed by atoms with Crippen molar-refractivity contribution in [2.45, 2.75) is 19.9 Å². The lowest BCUT2D eigenvalue weighted by molar-refractivity contribution is 0.0523. The lowest BCUT2D eigenvalue weighted by Gasteiger charge is -2.15. The van der Waals surface area contributed by atoms with Crippen molar-refractivity contribution >= 4 is 44.5 Å². The molecule has 190 valence electrons. The predicted molar refractivity (Wildman–Crippen MR) is 147 cm³/mol. The fraction of sp³-hybridized carbons (Fsp3) is 0.138. The summed E-state index contributed by atoms with van der Waals surface area (Å²) in [5.74, 6) is -1.21. The standard InChI is InChI=1S/C29H23BrN4O4/c1-2-38-29(37)23-18-22-25(31-24-10-6-7-16-33(24)28(22)36)34(17-15-19-8-4-3-5-9-19)26(23)32-27(35)20-11-13-21(30)14-12-20/h3-14,16,18H,2,15,17H2,1H3. The molecule has 8 nitrogen and oxygen atoms in total. The van der Waals surface area contributed by atoms with Crippen LogP contribution in [0.2, 0.25) is 0 Å². The van der Waals surface area contributed by atoms with Gasteiger partial charge in [-0.1, -0.05) is 52.3 Å². The first-order valence-electron chi connectivity index (χ1n) is 12.1. The minimum atomic E-state index is -0.678. The van der Waals surface area contributed by atoms with Crippen LogP contribution in [0.25, 0.3) is 16.7 Å². The van der Waals surface area contributed by atoms with Crippen molar-refractivity contribution in [3.05, 3.63) is 122 Å². The Morgan fingerprint density at radius 3 is 2.47 bits per heavy atom. The summed E-state index contributed by atoms with van der Waals surface area (Å²) in [5, 5.41) is 0.222. The van der Waals surface area contributed by atoms with Crippen molar-refractivity contribution < 1.29 is 14.3 Å². The average molecular weight is 571 g/mol. The molecule has 0 aliphatic rings. The molecule has 0 N–H and O–H groups in total. The smallest absolute Gasteiger partial charge is 0.341 e. The van der Waals surface area contributed by atoms with Gasteiger partial charge in [-0.05, 0) is 61.4 Å². The molecule has 0 saturated heterocycles. The van der Waals surface area contributed by atoms with E-state index in [2.05, 4.69) is 20.9 Å². The second-order valence-electron chi connectivity index (χ2n) is 8.50. The molecule has 1 amide bonds.